The second-order valence-corrected chi connectivity index (χ2v) is 7.36. The summed E-state index contributed by atoms with van der Waals surface area (Å²) in [6.07, 6.45) is 10.8. The average molecular weight is 287 g/mol. The highest BCUT2D eigenvalue weighted by Crippen LogP contribution is 2.39. The van der Waals surface area contributed by atoms with Crippen molar-refractivity contribution >= 4 is 27.4 Å². The highest BCUT2D eigenvalue weighted by atomic mass is 32.1. The van der Waals surface area contributed by atoms with E-state index in [9.17, 15) is 0 Å². The van der Waals surface area contributed by atoms with E-state index in [1.807, 2.05) is 11.3 Å². The van der Waals surface area contributed by atoms with Crippen LogP contribution in [0.25, 0.3) is 10.2 Å². The van der Waals surface area contributed by atoms with Crippen molar-refractivity contribution in [3.63, 3.8) is 0 Å². The number of fused-ring (bicyclic) bond motifs is 3. The van der Waals surface area contributed by atoms with Crippen LogP contribution < -0.4 is 5.32 Å². The minimum Gasteiger partial charge on any atom is -0.366 e. The van der Waals surface area contributed by atoms with Crippen LogP contribution in [-0.2, 0) is 12.8 Å². The van der Waals surface area contributed by atoms with Gasteiger partial charge in [0.25, 0.3) is 0 Å². The van der Waals surface area contributed by atoms with E-state index >= 15 is 0 Å². The van der Waals surface area contributed by atoms with Gasteiger partial charge in [-0.3, -0.25) is 0 Å². The van der Waals surface area contributed by atoms with Crippen LogP contribution >= 0.6 is 11.3 Å². The molecule has 1 N–H and O–H groups in total. The first kappa shape index (κ1) is 12.6. The predicted octanol–water partition coefficient (Wildman–Crippen LogP) is 4.17. The normalized spacial score (nSPS) is 25.9. The number of thiophene rings is 1. The van der Waals surface area contributed by atoms with Gasteiger partial charge < -0.3 is 5.32 Å². The van der Waals surface area contributed by atoms with E-state index in [-0.39, 0.29) is 0 Å². The molecule has 0 radical (unpaired) electrons. The zero-order valence-corrected chi connectivity index (χ0v) is 12.8. The predicted molar refractivity (Wildman–Crippen MR) is 84.5 cm³/mol. The lowest BCUT2D eigenvalue weighted by Gasteiger charge is -2.30. The summed E-state index contributed by atoms with van der Waals surface area (Å²) in [5.74, 6) is 1.84. The van der Waals surface area contributed by atoms with E-state index in [1.165, 1.54) is 60.7 Å². The third-order valence-corrected chi connectivity index (χ3v) is 6.13. The van der Waals surface area contributed by atoms with Crippen LogP contribution in [0, 0.1) is 5.92 Å². The molecular formula is C16H21N3S. The van der Waals surface area contributed by atoms with Crippen LogP contribution in [0.4, 0.5) is 5.82 Å². The van der Waals surface area contributed by atoms with Crippen molar-refractivity contribution < 1.29 is 0 Å². The van der Waals surface area contributed by atoms with Gasteiger partial charge in [-0.1, -0.05) is 19.8 Å². The monoisotopic (exact) mass is 287 g/mol. The molecular weight excluding hydrogens is 266 g/mol. The van der Waals surface area contributed by atoms with Crippen LogP contribution in [0.2, 0.25) is 0 Å². The molecule has 0 spiro atoms. The third-order valence-electron chi connectivity index (χ3n) is 4.93. The quantitative estimate of drug-likeness (QED) is 0.900. The second-order valence-electron chi connectivity index (χ2n) is 6.27. The highest BCUT2D eigenvalue weighted by Gasteiger charge is 2.25. The van der Waals surface area contributed by atoms with Crippen LogP contribution in [0.15, 0.2) is 6.33 Å². The summed E-state index contributed by atoms with van der Waals surface area (Å²) in [5.41, 5.74) is 1.52. The van der Waals surface area contributed by atoms with Gasteiger partial charge in [0.2, 0.25) is 0 Å². The van der Waals surface area contributed by atoms with Crippen molar-refractivity contribution in [1.82, 2.24) is 9.97 Å². The zero-order valence-electron chi connectivity index (χ0n) is 12.0. The van der Waals surface area contributed by atoms with E-state index in [1.54, 1.807) is 11.2 Å². The molecule has 2 heterocycles. The van der Waals surface area contributed by atoms with Gasteiger partial charge in [0, 0.05) is 10.9 Å². The van der Waals surface area contributed by atoms with Gasteiger partial charge in [0.1, 0.15) is 17.0 Å². The number of aromatic nitrogens is 2. The second kappa shape index (κ2) is 4.99. The van der Waals surface area contributed by atoms with Crippen LogP contribution in [-0.4, -0.2) is 16.0 Å². The number of hydrogen-bond donors (Lipinski definition) is 1. The maximum atomic E-state index is 4.57. The number of nitrogens with one attached hydrogen (secondary N) is 1. The van der Waals surface area contributed by atoms with Gasteiger partial charge in [-0.25, -0.2) is 9.97 Å². The molecule has 2 aliphatic rings. The van der Waals surface area contributed by atoms with Crippen molar-refractivity contribution in [2.24, 2.45) is 5.92 Å². The van der Waals surface area contributed by atoms with E-state index in [0.717, 1.165) is 11.7 Å². The number of nitrogens with zero attached hydrogens (tertiary/aromatic N) is 2. The molecule has 4 rings (SSSR count). The Morgan fingerprint density at radius 3 is 2.95 bits per heavy atom. The first-order valence-electron chi connectivity index (χ1n) is 7.84. The molecule has 2 aromatic rings. The van der Waals surface area contributed by atoms with Crippen molar-refractivity contribution in [3.05, 3.63) is 16.8 Å². The Labute approximate surface area is 123 Å². The van der Waals surface area contributed by atoms with E-state index in [2.05, 4.69) is 22.2 Å². The Kier molecular flexibility index (Phi) is 3.14. The molecule has 2 aromatic heterocycles. The standard InChI is InChI=1S/C16H21N3S/c1-10-5-2-3-7-12(10)19-15-14-11-6-4-8-13(11)20-16(14)18-9-17-15/h9-10,12H,2-8H2,1H3,(H,17,18,19)/t10-,12+/m0/s1. The molecule has 1 fully saturated rings. The largest absolute Gasteiger partial charge is 0.366 e. The van der Waals surface area contributed by atoms with Crippen molar-refractivity contribution in [3.8, 4) is 0 Å². The van der Waals surface area contributed by atoms with Crippen LogP contribution in [0.1, 0.15) is 49.5 Å². The van der Waals surface area contributed by atoms with Gasteiger partial charge in [0.05, 0.1) is 5.39 Å². The summed E-state index contributed by atoms with van der Waals surface area (Å²) in [6.45, 7) is 2.37. The Balaban J connectivity index is 1.72. The Morgan fingerprint density at radius 1 is 1.15 bits per heavy atom. The average Bonchev–Trinajstić information content (AvgIpc) is 3.02. The fourth-order valence-corrected chi connectivity index (χ4v) is 4.97. The lowest BCUT2D eigenvalue weighted by atomic mass is 9.86. The fourth-order valence-electron chi connectivity index (χ4n) is 3.74. The van der Waals surface area contributed by atoms with E-state index in [0.29, 0.717) is 6.04 Å². The first-order valence-corrected chi connectivity index (χ1v) is 8.66. The van der Waals surface area contributed by atoms with Gasteiger partial charge >= 0.3 is 0 Å². The molecule has 20 heavy (non-hydrogen) atoms. The van der Waals surface area contributed by atoms with E-state index in [4.69, 9.17) is 0 Å². The smallest absolute Gasteiger partial charge is 0.138 e. The van der Waals surface area contributed by atoms with E-state index < -0.39 is 0 Å². The Bertz CT molecular complexity index is 634. The van der Waals surface area contributed by atoms with Gasteiger partial charge in [-0.05, 0) is 43.6 Å². The lowest BCUT2D eigenvalue weighted by Crippen LogP contribution is -2.30. The highest BCUT2D eigenvalue weighted by molar-refractivity contribution is 7.19. The Morgan fingerprint density at radius 2 is 2.05 bits per heavy atom. The van der Waals surface area contributed by atoms with Crippen molar-refractivity contribution in [1.29, 1.82) is 0 Å². The molecule has 0 unspecified atom stereocenters. The minimum atomic E-state index is 0.582. The molecule has 3 nitrogen and oxygen atoms in total. The summed E-state index contributed by atoms with van der Waals surface area (Å²) >= 11 is 1.87. The maximum Gasteiger partial charge on any atom is 0.138 e. The third kappa shape index (κ3) is 2.01. The van der Waals surface area contributed by atoms with Gasteiger partial charge in [-0.15, -0.1) is 11.3 Å². The molecule has 0 aliphatic heterocycles. The SMILES string of the molecule is C[C@H]1CCCC[C@H]1Nc1ncnc2sc3c(c12)CCC3. The topological polar surface area (TPSA) is 37.8 Å². The number of aryl methyl sites for hydroxylation is 2. The molecule has 106 valence electrons. The lowest BCUT2D eigenvalue weighted by molar-refractivity contribution is 0.349. The number of hydrogen-bond acceptors (Lipinski definition) is 4. The molecule has 0 amide bonds. The molecule has 2 atom stereocenters. The van der Waals surface area contributed by atoms with Gasteiger partial charge in [0.15, 0.2) is 0 Å². The number of anilines is 1. The fraction of sp³-hybridized carbons (Fsp3) is 0.625. The molecule has 0 bridgehead atoms. The van der Waals surface area contributed by atoms with Crippen LogP contribution in [0.5, 0.6) is 0 Å². The maximum absolute atomic E-state index is 4.57. The van der Waals surface area contributed by atoms with Crippen molar-refractivity contribution in [2.45, 2.75) is 57.9 Å². The summed E-state index contributed by atoms with van der Waals surface area (Å²) in [4.78, 5) is 11.8. The summed E-state index contributed by atoms with van der Waals surface area (Å²) < 4.78 is 0. The first-order chi connectivity index (χ1) is 9.83. The zero-order chi connectivity index (χ0) is 13.5. The Hall–Kier alpha value is -1.16. The molecule has 0 aromatic carbocycles. The summed E-state index contributed by atoms with van der Waals surface area (Å²) in [6, 6.07) is 0.582. The van der Waals surface area contributed by atoms with Crippen LogP contribution in [0.3, 0.4) is 0 Å². The minimum absolute atomic E-state index is 0.582. The molecule has 1 saturated carbocycles. The van der Waals surface area contributed by atoms with Gasteiger partial charge in [-0.2, -0.15) is 0 Å². The molecule has 0 saturated heterocycles. The summed E-state index contributed by atoms with van der Waals surface area (Å²) in [5, 5.41) is 5.07. The number of rotatable bonds is 2. The molecule has 4 heteroatoms. The van der Waals surface area contributed by atoms with Crippen molar-refractivity contribution in [2.75, 3.05) is 5.32 Å². The molecule has 2 aliphatic carbocycles. The summed E-state index contributed by atoms with van der Waals surface area (Å²) in [7, 11) is 0.